The van der Waals surface area contributed by atoms with E-state index < -0.39 is 6.10 Å². The maximum absolute atomic E-state index is 10.2. The van der Waals surface area contributed by atoms with Crippen LogP contribution in [0.25, 0.3) is 0 Å². The third-order valence-electron chi connectivity index (χ3n) is 5.50. The molecule has 8 heteroatoms. The van der Waals surface area contributed by atoms with Crippen LogP contribution in [0.2, 0.25) is 10.0 Å². The molecule has 0 saturated carbocycles. The Labute approximate surface area is 207 Å². The van der Waals surface area contributed by atoms with Crippen LogP contribution in [-0.4, -0.2) is 60.1 Å². The molecule has 0 saturated heterocycles. The van der Waals surface area contributed by atoms with Gasteiger partial charge in [0.05, 0.1) is 19.3 Å². The van der Waals surface area contributed by atoms with E-state index in [4.69, 9.17) is 27.9 Å². The van der Waals surface area contributed by atoms with Gasteiger partial charge in [-0.25, -0.2) is 0 Å². The number of phenols is 1. The highest BCUT2D eigenvalue weighted by Crippen LogP contribution is 2.25. The standard InChI is InChI=1S/C25H36Cl2N2O4/c1-29(17-21-22(26)7-6-8-23(21)27)12-14-33-13-5-3-2-4-11-28-16-25(32)19-9-10-24(31)20(15-19)18-30/h6-10,15,25,28,30-32H,2-5,11-14,16-18H2,1H3. The smallest absolute Gasteiger partial charge is 0.121 e. The molecular weight excluding hydrogens is 463 g/mol. The first-order chi connectivity index (χ1) is 15.9. The van der Waals surface area contributed by atoms with E-state index in [2.05, 4.69) is 10.2 Å². The predicted octanol–water partition coefficient (Wildman–Crippen LogP) is 4.52. The summed E-state index contributed by atoms with van der Waals surface area (Å²) in [5.41, 5.74) is 2.05. The number of ether oxygens (including phenoxy) is 1. The van der Waals surface area contributed by atoms with E-state index in [1.807, 2.05) is 25.2 Å². The fourth-order valence-corrected chi connectivity index (χ4v) is 3.98. The average Bonchev–Trinajstić information content (AvgIpc) is 2.80. The lowest BCUT2D eigenvalue weighted by Gasteiger charge is -2.18. The summed E-state index contributed by atoms with van der Waals surface area (Å²) in [6.07, 6.45) is 3.60. The first-order valence-corrected chi connectivity index (χ1v) is 12.2. The molecule has 2 rings (SSSR count). The Morgan fingerprint density at radius 3 is 2.48 bits per heavy atom. The first kappa shape index (κ1) is 27.9. The van der Waals surface area contributed by atoms with Crippen molar-refractivity contribution in [3.8, 4) is 5.75 Å². The lowest BCUT2D eigenvalue weighted by Crippen LogP contribution is -2.23. The van der Waals surface area contributed by atoms with Gasteiger partial charge in [0.15, 0.2) is 0 Å². The van der Waals surface area contributed by atoms with Gasteiger partial charge in [0.1, 0.15) is 5.75 Å². The minimum atomic E-state index is -0.670. The van der Waals surface area contributed by atoms with Crippen molar-refractivity contribution in [2.24, 2.45) is 0 Å². The van der Waals surface area contributed by atoms with Crippen molar-refractivity contribution in [2.45, 2.75) is 44.9 Å². The molecule has 1 atom stereocenters. The molecule has 2 aromatic carbocycles. The highest BCUT2D eigenvalue weighted by molar-refractivity contribution is 6.35. The number of likely N-dealkylation sites (N-methyl/N-ethyl adjacent to an activating group) is 1. The molecule has 0 heterocycles. The van der Waals surface area contributed by atoms with Gasteiger partial charge in [-0.2, -0.15) is 0 Å². The van der Waals surface area contributed by atoms with Crippen LogP contribution in [0.1, 0.15) is 48.5 Å². The maximum atomic E-state index is 10.2. The molecule has 0 bridgehead atoms. The molecule has 0 spiro atoms. The Kier molecular flexibility index (Phi) is 13.1. The number of hydrogen-bond acceptors (Lipinski definition) is 6. The number of aliphatic hydroxyl groups is 2. The molecule has 2 aromatic rings. The summed E-state index contributed by atoms with van der Waals surface area (Å²) >= 11 is 12.4. The van der Waals surface area contributed by atoms with Crippen molar-refractivity contribution in [3.63, 3.8) is 0 Å². The Hall–Kier alpha value is -1.38. The Balaban J connectivity index is 1.45. The van der Waals surface area contributed by atoms with Crippen LogP contribution in [0.5, 0.6) is 5.75 Å². The van der Waals surface area contributed by atoms with E-state index in [0.717, 1.165) is 50.9 Å². The molecule has 0 aliphatic rings. The molecule has 6 nitrogen and oxygen atoms in total. The summed E-state index contributed by atoms with van der Waals surface area (Å²) in [6.45, 7) is 3.95. The molecule has 1 unspecified atom stereocenters. The molecule has 0 radical (unpaired) electrons. The van der Waals surface area contributed by atoms with Crippen molar-refractivity contribution in [1.29, 1.82) is 0 Å². The molecule has 0 amide bonds. The third kappa shape index (κ3) is 10.2. The van der Waals surface area contributed by atoms with Crippen LogP contribution in [0.3, 0.4) is 0 Å². The predicted molar refractivity (Wildman–Crippen MR) is 134 cm³/mol. The second-order valence-corrected chi connectivity index (χ2v) is 9.05. The van der Waals surface area contributed by atoms with Gasteiger partial charge in [-0.3, -0.25) is 4.90 Å². The Bertz CT molecular complexity index is 818. The van der Waals surface area contributed by atoms with Crippen LogP contribution >= 0.6 is 23.2 Å². The van der Waals surface area contributed by atoms with Crippen LogP contribution in [0, 0.1) is 0 Å². The van der Waals surface area contributed by atoms with Crippen molar-refractivity contribution >= 4 is 23.2 Å². The summed E-state index contributed by atoms with van der Waals surface area (Å²) in [6, 6.07) is 10.4. The van der Waals surface area contributed by atoms with E-state index in [-0.39, 0.29) is 12.4 Å². The fraction of sp³-hybridized carbons (Fsp3) is 0.520. The summed E-state index contributed by atoms with van der Waals surface area (Å²) in [5, 5.41) is 33.7. The van der Waals surface area contributed by atoms with E-state index in [1.165, 1.54) is 6.07 Å². The number of rotatable bonds is 16. The second kappa shape index (κ2) is 15.5. The molecule has 184 valence electrons. The second-order valence-electron chi connectivity index (χ2n) is 8.23. The van der Waals surface area contributed by atoms with Gasteiger partial charge < -0.3 is 25.4 Å². The fourth-order valence-electron chi connectivity index (χ4n) is 3.46. The number of hydrogen-bond donors (Lipinski definition) is 4. The van der Waals surface area contributed by atoms with Gasteiger partial charge in [-0.1, -0.05) is 48.2 Å². The molecule has 0 fully saturated rings. The minimum absolute atomic E-state index is 0.0411. The lowest BCUT2D eigenvalue weighted by molar-refractivity contribution is 0.106. The molecular formula is C25H36Cl2N2O4. The number of halogens is 2. The summed E-state index contributed by atoms with van der Waals surface area (Å²) < 4.78 is 5.75. The van der Waals surface area contributed by atoms with Crippen LogP contribution in [0.15, 0.2) is 36.4 Å². The molecule has 0 aliphatic carbocycles. The number of unbranched alkanes of at least 4 members (excludes halogenated alkanes) is 3. The van der Waals surface area contributed by atoms with Crippen LogP contribution in [0.4, 0.5) is 0 Å². The van der Waals surface area contributed by atoms with Gasteiger partial charge >= 0.3 is 0 Å². The number of nitrogens with one attached hydrogen (secondary N) is 1. The number of aromatic hydroxyl groups is 1. The molecule has 0 aliphatic heterocycles. The van der Waals surface area contributed by atoms with Gasteiger partial charge in [0.25, 0.3) is 0 Å². The lowest BCUT2D eigenvalue weighted by atomic mass is 10.1. The van der Waals surface area contributed by atoms with E-state index in [1.54, 1.807) is 12.1 Å². The van der Waals surface area contributed by atoms with Gasteiger partial charge in [0, 0.05) is 47.4 Å². The van der Waals surface area contributed by atoms with Crippen LogP contribution < -0.4 is 5.32 Å². The zero-order valence-corrected chi connectivity index (χ0v) is 20.8. The molecule has 33 heavy (non-hydrogen) atoms. The van der Waals surface area contributed by atoms with E-state index in [0.29, 0.717) is 40.9 Å². The molecule has 0 aromatic heterocycles. The largest absolute Gasteiger partial charge is 0.508 e. The zero-order valence-electron chi connectivity index (χ0n) is 19.3. The van der Waals surface area contributed by atoms with Gasteiger partial charge in [-0.15, -0.1) is 0 Å². The SMILES string of the molecule is CN(CCOCCCCCCNCC(O)c1ccc(O)c(CO)c1)Cc1c(Cl)cccc1Cl. The summed E-state index contributed by atoms with van der Waals surface area (Å²) in [5.74, 6) is 0.0411. The third-order valence-corrected chi connectivity index (χ3v) is 6.20. The first-order valence-electron chi connectivity index (χ1n) is 11.4. The average molecular weight is 499 g/mol. The van der Waals surface area contributed by atoms with Gasteiger partial charge in [0.2, 0.25) is 0 Å². The zero-order chi connectivity index (χ0) is 24.1. The highest BCUT2D eigenvalue weighted by atomic mass is 35.5. The molecule has 4 N–H and O–H groups in total. The van der Waals surface area contributed by atoms with Crippen molar-refractivity contribution in [2.75, 3.05) is 39.9 Å². The van der Waals surface area contributed by atoms with Crippen molar-refractivity contribution in [3.05, 3.63) is 63.1 Å². The van der Waals surface area contributed by atoms with E-state index in [9.17, 15) is 15.3 Å². The van der Waals surface area contributed by atoms with E-state index >= 15 is 0 Å². The summed E-state index contributed by atoms with van der Waals surface area (Å²) in [7, 11) is 2.03. The topological polar surface area (TPSA) is 85.2 Å². The van der Waals surface area contributed by atoms with Crippen molar-refractivity contribution < 1.29 is 20.1 Å². The maximum Gasteiger partial charge on any atom is 0.121 e. The quantitative estimate of drug-likeness (QED) is 0.254. The monoisotopic (exact) mass is 498 g/mol. The normalized spacial score (nSPS) is 12.4. The van der Waals surface area contributed by atoms with Crippen molar-refractivity contribution in [1.82, 2.24) is 10.2 Å². The summed E-state index contributed by atoms with van der Waals surface area (Å²) in [4.78, 5) is 2.15. The number of aliphatic hydroxyl groups excluding tert-OH is 2. The minimum Gasteiger partial charge on any atom is -0.508 e. The van der Waals surface area contributed by atoms with Gasteiger partial charge in [-0.05, 0) is 56.3 Å². The Morgan fingerprint density at radius 2 is 1.76 bits per heavy atom. The number of benzene rings is 2. The van der Waals surface area contributed by atoms with Crippen LogP contribution in [-0.2, 0) is 17.9 Å². The Morgan fingerprint density at radius 1 is 1.03 bits per heavy atom. The number of nitrogens with zero attached hydrogens (tertiary/aromatic N) is 1. The highest BCUT2D eigenvalue weighted by Gasteiger charge is 2.10.